The molecule has 0 aromatic rings. The number of rotatable bonds is 13. The first-order valence-electron chi connectivity index (χ1n) is 7.98. The van der Waals surface area contributed by atoms with E-state index in [4.69, 9.17) is 9.84 Å². The van der Waals surface area contributed by atoms with Gasteiger partial charge in [0, 0.05) is 13.5 Å². The highest BCUT2D eigenvalue weighted by Gasteiger charge is 2.10. The van der Waals surface area contributed by atoms with E-state index in [1.54, 1.807) is 0 Å². The summed E-state index contributed by atoms with van der Waals surface area (Å²) in [6.07, 6.45) is 12.6. The van der Waals surface area contributed by atoms with Crippen molar-refractivity contribution in [3.05, 3.63) is 0 Å². The summed E-state index contributed by atoms with van der Waals surface area (Å²) in [4.78, 5) is 11.0. The average Bonchev–Trinajstić information content (AvgIpc) is 2.38. The molecule has 3 nitrogen and oxygen atoms in total. The van der Waals surface area contributed by atoms with E-state index in [1.165, 1.54) is 32.6 Å². The number of aliphatic hydroxyl groups is 1. The molecule has 0 radical (unpaired) electrons. The Morgan fingerprint density at radius 2 is 1.47 bits per heavy atom. The van der Waals surface area contributed by atoms with Gasteiger partial charge in [-0.05, 0) is 25.7 Å². The van der Waals surface area contributed by atoms with Gasteiger partial charge in [0.2, 0.25) is 0 Å². The second-order valence-electron chi connectivity index (χ2n) is 5.36. The Morgan fingerprint density at radius 3 is 2.00 bits per heavy atom. The molecule has 0 aromatic carbocycles. The van der Waals surface area contributed by atoms with Crippen LogP contribution in [0.2, 0.25) is 0 Å². The van der Waals surface area contributed by atoms with Crippen LogP contribution in [-0.4, -0.2) is 23.8 Å². The summed E-state index contributed by atoms with van der Waals surface area (Å²) < 4.78 is 5.35. The quantitative estimate of drug-likeness (QED) is 0.403. The smallest absolute Gasteiger partial charge is 0.302 e. The molecule has 114 valence electrons. The first-order valence-corrected chi connectivity index (χ1v) is 7.98. The minimum Gasteiger partial charge on any atom is -0.463 e. The van der Waals surface area contributed by atoms with Gasteiger partial charge in [0.1, 0.15) is 6.10 Å². The lowest BCUT2D eigenvalue weighted by Crippen LogP contribution is -2.16. The maximum Gasteiger partial charge on any atom is 0.302 e. The minimum absolute atomic E-state index is 0.131. The number of carbonyl (C=O) groups is 1. The number of esters is 1. The van der Waals surface area contributed by atoms with Gasteiger partial charge < -0.3 is 9.84 Å². The molecule has 0 rings (SSSR count). The Balaban J connectivity index is 3.48. The predicted octanol–water partition coefficient (Wildman–Crippen LogP) is 4.22. The van der Waals surface area contributed by atoms with Crippen molar-refractivity contribution in [2.24, 2.45) is 0 Å². The van der Waals surface area contributed by atoms with Crippen molar-refractivity contribution in [3.8, 4) is 0 Å². The van der Waals surface area contributed by atoms with Crippen LogP contribution in [0.3, 0.4) is 0 Å². The molecule has 1 atom stereocenters. The molecule has 0 aliphatic heterocycles. The molecule has 19 heavy (non-hydrogen) atoms. The summed E-state index contributed by atoms with van der Waals surface area (Å²) in [5, 5.41) is 8.67. The molecule has 0 fully saturated rings. The lowest BCUT2D eigenvalue weighted by Gasteiger charge is -2.16. The van der Waals surface area contributed by atoms with Gasteiger partial charge in [0.25, 0.3) is 0 Å². The van der Waals surface area contributed by atoms with Crippen molar-refractivity contribution in [3.63, 3.8) is 0 Å². The fraction of sp³-hybridized carbons (Fsp3) is 0.938. The van der Waals surface area contributed by atoms with Crippen LogP contribution >= 0.6 is 0 Å². The summed E-state index contributed by atoms with van der Waals surface area (Å²) >= 11 is 0. The highest BCUT2D eigenvalue weighted by Crippen LogP contribution is 2.15. The first kappa shape index (κ1) is 18.4. The Morgan fingerprint density at radius 1 is 0.947 bits per heavy atom. The number of hydrogen-bond acceptors (Lipinski definition) is 3. The van der Waals surface area contributed by atoms with Gasteiger partial charge in [-0.15, -0.1) is 0 Å². The van der Waals surface area contributed by atoms with E-state index >= 15 is 0 Å². The molecule has 1 N–H and O–H groups in total. The molecule has 0 aromatic heterocycles. The Bertz CT molecular complexity index is 204. The zero-order valence-corrected chi connectivity index (χ0v) is 12.8. The van der Waals surface area contributed by atoms with Gasteiger partial charge in [-0.3, -0.25) is 4.79 Å². The third kappa shape index (κ3) is 13.7. The average molecular weight is 272 g/mol. The monoisotopic (exact) mass is 272 g/mol. The first-order chi connectivity index (χ1) is 9.20. The van der Waals surface area contributed by atoms with Crippen molar-refractivity contribution >= 4 is 5.97 Å². The maximum absolute atomic E-state index is 11.0. The molecular formula is C16H32O3. The van der Waals surface area contributed by atoms with E-state index in [9.17, 15) is 4.79 Å². The maximum atomic E-state index is 11.0. The highest BCUT2D eigenvalue weighted by molar-refractivity contribution is 5.66. The second-order valence-corrected chi connectivity index (χ2v) is 5.36. The molecule has 0 aliphatic rings. The molecule has 0 aliphatic carbocycles. The van der Waals surface area contributed by atoms with Gasteiger partial charge in [-0.1, -0.05) is 51.9 Å². The van der Waals surface area contributed by atoms with Gasteiger partial charge in [-0.2, -0.15) is 0 Å². The molecule has 3 heteroatoms. The van der Waals surface area contributed by atoms with Crippen LogP contribution in [0.1, 0.15) is 84.5 Å². The van der Waals surface area contributed by atoms with Crippen molar-refractivity contribution in [2.75, 3.05) is 6.61 Å². The third-order valence-corrected chi connectivity index (χ3v) is 3.40. The molecule has 0 amide bonds. The van der Waals surface area contributed by atoms with E-state index in [0.717, 1.165) is 44.9 Å². The van der Waals surface area contributed by atoms with E-state index in [-0.39, 0.29) is 12.1 Å². The van der Waals surface area contributed by atoms with Crippen LogP contribution in [-0.2, 0) is 9.53 Å². The van der Waals surface area contributed by atoms with E-state index in [0.29, 0.717) is 6.61 Å². The second kappa shape index (κ2) is 13.9. The van der Waals surface area contributed by atoms with Gasteiger partial charge >= 0.3 is 5.97 Å². The summed E-state index contributed by atoms with van der Waals surface area (Å²) in [6, 6.07) is 0. The Labute approximate surface area is 118 Å². The Kier molecular flexibility index (Phi) is 13.4. The summed E-state index contributed by atoms with van der Waals surface area (Å²) in [7, 11) is 0. The summed E-state index contributed by atoms with van der Waals surface area (Å²) in [5.74, 6) is -0.148. The van der Waals surface area contributed by atoms with Crippen LogP contribution in [0.4, 0.5) is 0 Å². The largest absolute Gasteiger partial charge is 0.463 e. The number of carbonyl (C=O) groups excluding carboxylic acids is 1. The molecule has 0 saturated heterocycles. The van der Waals surface area contributed by atoms with Gasteiger partial charge in [-0.25, -0.2) is 0 Å². The van der Waals surface area contributed by atoms with E-state index < -0.39 is 0 Å². The molecule has 0 saturated carbocycles. The van der Waals surface area contributed by atoms with E-state index in [1.807, 2.05) is 0 Å². The van der Waals surface area contributed by atoms with Crippen molar-refractivity contribution in [1.29, 1.82) is 0 Å². The normalized spacial score (nSPS) is 12.4. The fourth-order valence-electron chi connectivity index (χ4n) is 2.30. The molecule has 0 spiro atoms. The van der Waals surface area contributed by atoms with Gasteiger partial charge in [0.15, 0.2) is 0 Å². The lowest BCUT2D eigenvalue weighted by molar-refractivity contribution is -0.147. The molecular weight excluding hydrogens is 240 g/mol. The molecule has 0 heterocycles. The summed E-state index contributed by atoms with van der Waals surface area (Å²) in [5.41, 5.74) is 0. The predicted molar refractivity (Wildman–Crippen MR) is 79.1 cm³/mol. The van der Waals surface area contributed by atoms with Crippen LogP contribution in [0.25, 0.3) is 0 Å². The Hall–Kier alpha value is -0.570. The standard InChI is InChI=1S/C16H32O3/c1-3-4-12-16(19-15(2)18)13-10-8-6-5-7-9-11-14-17/h16-17H,3-14H2,1-2H3/t16-/m0/s1. The van der Waals surface area contributed by atoms with Crippen LogP contribution in [0.5, 0.6) is 0 Å². The molecule has 0 unspecified atom stereocenters. The van der Waals surface area contributed by atoms with Crippen molar-refractivity contribution < 1.29 is 14.6 Å². The lowest BCUT2D eigenvalue weighted by atomic mass is 10.0. The van der Waals surface area contributed by atoms with Crippen molar-refractivity contribution in [1.82, 2.24) is 0 Å². The number of unbranched alkanes of at least 4 members (excludes halogenated alkanes) is 7. The summed E-state index contributed by atoms with van der Waals surface area (Å²) in [6.45, 7) is 3.98. The fourth-order valence-corrected chi connectivity index (χ4v) is 2.30. The topological polar surface area (TPSA) is 46.5 Å². The highest BCUT2D eigenvalue weighted by atomic mass is 16.5. The zero-order valence-electron chi connectivity index (χ0n) is 12.8. The van der Waals surface area contributed by atoms with Gasteiger partial charge in [0.05, 0.1) is 0 Å². The number of hydrogen-bond donors (Lipinski definition) is 1. The van der Waals surface area contributed by atoms with Crippen LogP contribution in [0.15, 0.2) is 0 Å². The SMILES string of the molecule is CCCC[C@@H](CCCCCCCCCO)OC(C)=O. The number of ether oxygens (including phenoxy) is 1. The number of aliphatic hydroxyl groups excluding tert-OH is 1. The zero-order chi connectivity index (χ0) is 14.3. The van der Waals surface area contributed by atoms with Crippen molar-refractivity contribution in [2.45, 2.75) is 90.6 Å². The van der Waals surface area contributed by atoms with Crippen LogP contribution in [0, 0.1) is 0 Å². The minimum atomic E-state index is -0.148. The third-order valence-electron chi connectivity index (χ3n) is 3.40. The molecule has 0 bridgehead atoms. The van der Waals surface area contributed by atoms with Crippen LogP contribution < -0.4 is 0 Å². The van der Waals surface area contributed by atoms with E-state index in [2.05, 4.69) is 6.92 Å².